The fourth-order valence-corrected chi connectivity index (χ4v) is 1.85. The number of aryl methyl sites for hydroxylation is 1. The average Bonchev–Trinajstić information content (AvgIpc) is 2.82. The summed E-state index contributed by atoms with van der Waals surface area (Å²) in [5.41, 5.74) is 1.69. The quantitative estimate of drug-likeness (QED) is 0.635. The van der Waals surface area contributed by atoms with E-state index in [9.17, 15) is 4.39 Å². The largest absolute Gasteiger partial charge is 0.336 e. The normalized spacial score (nSPS) is 11.1. The Labute approximate surface area is 107 Å². The Morgan fingerprint density at radius 1 is 1.37 bits per heavy atom. The Hall–Kier alpha value is -2.70. The Morgan fingerprint density at radius 3 is 2.89 bits per heavy atom. The van der Waals surface area contributed by atoms with Crippen molar-refractivity contribution in [1.29, 1.82) is 5.41 Å². The molecule has 0 aliphatic heterocycles. The molecule has 6 nitrogen and oxygen atoms in total. The SMILES string of the molecule is Cc1ccc(-n2ncc3c(=N)n(N)cnc32)cc1F. The van der Waals surface area contributed by atoms with Crippen molar-refractivity contribution < 1.29 is 4.39 Å². The average molecular weight is 258 g/mol. The number of fused-ring (bicyclic) bond motifs is 1. The highest BCUT2D eigenvalue weighted by Gasteiger charge is 2.10. The standard InChI is InChI=1S/C12H11FN6/c1-7-2-3-8(4-10(7)13)19-12-9(5-17-19)11(14)18(15)6-16-12/h2-6,14H,15H2,1H3. The van der Waals surface area contributed by atoms with Gasteiger partial charge in [-0.1, -0.05) is 6.07 Å². The van der Waals surface area contributed by atoms with E-state index in [0.29, 0.717) is 22.3 Å². The molecule has 0 saturated heterocycles. The Bertz CT molecular complexity index is 832. The van der Waals surface area contributed by atoms with Crippen LogP contribution in [0.4, 0.5) is 4.39 Å². The van der Waals surface area contributed by atoms with Gasteiger partial charge in [-0.3, -0.25) is 5.41 Å². The number of nitrogens with two attached hydrogens (primary N) is 1. The van der Waals surface area contributed by atoms with Crippen molar-refractivity contribution in [2.45, 2.75) is 6.92 Å². The number of rotatable bonds is 1. The van der Waals surface area contributed by atoms with Gasteiger partial charge in [0.05, 0.1) is 17.3 Å². The van der Waals surface area contributed by atoms with E-state index in [4.69, 9.17) is 11.3 Å². The topological polar surface area (TPSA) is 85.5 Å². The van der Waals surface area contributed by atoms with Gasteiger partial charge in [0.15, 0.2) is 11.1 Å². The van der Waals surface area contributed by atoms with Crippen LogP contribution in [-0.2, 0) is 0 Å². The van der Waals surface area contributed by atoms with Crippen LogP contribution < -0.4 is 11.3 Å². The number of nitrogen functional groups attached to an aromatic ring is 1. The van der Waals surface area contributed by atoms with Crippen molar-refractivity contribution in [1.82, 2.24) is 19.4 Å². The minimum absolute atomic E-state index is 0.101. The lowest BCUT2D eigenvalue weighted by Crippen LogP contribution is -2.27. The van der Waals surface area contributed by atoms with E-state index < -0.39 is 0 Å². The maximum atomic E-state index is 13.6. The summed E-state index contributed by atoms with van der Waals surface area (Å²) in [5, 5.41) is 12.5. The molecule has 0 spiro atoms. The predicted octanol–water partition coefficient (Wildman–Crippen LogP) is 0.863. The van der Waals surface area contributed by atoms with E-state index in [2.05, 4.69) is 10.1 Å². The van der Waals surface area contributed by atoms with E-state index >= 15 is 0 Å². The molecule has 19 heavy (non-hydrogen) atoms. The third kappa shape index (κ3) is 1.67. The highest BCUT2D eigenvalue weighted by molar-refractivity contribution is 5.74. The minimum atomic E-state index is -0.308. The lowest BCUT2D eigenvalue weighted by Gasteiger charge is -2.05. The number of aromatic nitrogens is 4. The molecule has 3 N–H and O–H groups in total. The molecule has 3 rings (SSSR count). The van der Waals surface area contributed by atoms with Crippen molar-refractivity contribution >= 4 is 11.0 Å². The van der Waals surface area contributed by atoms with Gasteiger partial charge in [-0.25, -0.2) is 18.7 Å². The molecule has 0 radical (unpaired) electrons. The van der Waals surface area contributed by atoms with Gasteiger partial charge in [0.25, 0.3) is 0 Å². The van der Waals surface area contributed by atoms with Gasteiger partial charge in [0.2, 0.25) is 0 Å². The molecule has 1 aromatic carbocycles. The van der Waals surface area contributed by atoms with Crippen molar-refractivity contribution in [2.75, 3.05) is 5.84 Å². The molecule has 0 fully saturated rings. The summed E-state index contributed by atoms with van der Waals surface area (Å²) in [4.78, 5) is 4.13. The first-order chi connectivity index (χ1) is 9.08. The number of benzene rings is 1. The molecule has 0 saturated carbocycles. The summed E-state index contributed by atoms with van der Waals surface area (Å²) >= 11 is 0. The van der Waals surface area contributed by atoms with Gasteiger partial charge in [0.1, 0.15) is 12.1 Å². The van der Waals surface area contributed by atoms with Crippen LogP contribution in [0.15, 0.2) is 30.7 Å². The summed E-state index contributed by atoms with van der Waals surface area (Å²) in [6, 6.07) is 4.81. The van der Waals surface area contributed by atoms with E-state index in [1.54, 1.807) is 19.1 Å². The second-order valence-corrected chi connectivity index (χ2v) is 4.23. The number of hydrogen-bond donors (Lipinski definition) is 2. The van der Waals surface area contributed by atoms with Gasteiger partial charge in [-0.15, -0.1) is 0 Å². The summed E-state index contributed by atoms with van der Waals surface area (Å²) < 4.78 is 16.2. The van der Waals surface area contributed by atoms with Crippen LogP contribution in [0.1, 0.15) is 5.56 Å². The summed E-state index contributed by atoms with van der Waals surface area (Å²) in [7, 11) is 0. The van der Waals surface area contributed by atoms with Crippen molar-refractivity contribution in [3.8, 4) is 5.69 Å². The lowest BCUT2D eigenvalue weighted by molar-refractivity contribution is 0.616. The molecule has 0 bridgehead atoms. The van der Waals surface area contributed by atoms with Gasteiger partial charge in [-0.05, 0) is 24.6 Å². The van der Waals surface area contributed by atoms with Crippen LogP contribution in [-0.4, -0.2) is 19.4 Å². The molecule has 96 valence electrons. The summed E-state index contributed by atoms with van der Waals surface area (Å²) in [6.45, 7) is 1.69. The number of halogens is 1. The van der Waals surface area contributed by atoms with E-state index in [-0.39, 0.29) is 11.3 Å². The van der Waals surface area contributed by atoms with Crippen LogP contribution in [0, 0.1) is 18.2 Å². The van der Waals surface area contributed by atoms with Crippen LogP contribution in [0.5, 0.6) is 0 Å². The lowest BCUT2D eigenvalue weighted by atomic mass is 10.2. The van der Waals surface area contributed by atoms with Crippen LogP contribution in [0.25, 0.3) is 16.7 Å². The van der Waals surface area contributed by atoms with Gasteiger partial charge >= 0.3 is 0 Å². The zero-order valence-corrected chi connectivity index (χ0v) is 10.1. The van der Waals surface area contributed by atoms with Crippen LogP contribution in [0.3, 0.4) is 0 Å². The molecule has 3 aromatic rings. The molecular weight excluding hydrogens is 247 g/mol. The van der Waals surface area contributed by atoms with E-state index in [0.717, 1.165) is 4.68 Å². The van der Waals surface area contributed by atoms with E-state index in [1.807, 2.05) is 0 Å². The first-order valence-corrected chi connectivity index (χ1v) is 5.59. The molecule has 0 aliphatic carbocycles. The van der Waals surface area contributed by atoms with Gasteiger partial charge in [0, 0.05) is 0 Å². The summed E-state index contributed by atoms with van der Waals surface area (Å²) in [6.07, 6.45) is 2.82. The molecule has 2 heterocycles. The van der Waals surface area contributed by atoms with Crippen LogP contribution in [0.2, 0.25) is 0 Å². The second kappa shape index (κ2) is 3.91. The van der Waals surface area contributed by atoms with Crippen LogP contribution >= 0.6 is 0 Å². The van der Waals surface area contributed by atoms with E-state index in [1.165, 1.54) is 23.3 Å². The number of nitrogens with zero attached hydrogens (tertiary/aromatic N) is 4. The maximum absolute atomic E-state index is 13.6. The zero-order valence-electron chi connectivity index (χ0n) is 10.1. The zero-order chi connectivity index (χ0) is 13.6. The molecule has 0 aliphatic rings. The maximum Gasteiger partial charge on any atom is 0.168 e. The Kier molecular flexibility index (Phi) is 2.34. The highest BCUT2D eigenvalue weighted by Crippen LogP contribution is 2.16. The predicted molar refractivity (Wildman–Crippen MR) is 67.6 cm³/mol. The van der Waals surface area contributed by atoms with Crippen molar-refractivity contribution in [3.05, 3.63) is 47.6 Å². The van der Waals surface area contributed by atoms with Gasteiger partial charge < -0.3 is 5.84 Å². The minimum Gasteiger partial charge on any atom is -0.336 e. The molecule has 0 amide bonds. The van der Waals surface area contributed by atoms with Crippen molar-refractivity contribution in [2.24, 2.45) is 0 Å². The molecule has 7 heteroatoms. The molecule has 0 atom stereocenters. The second-order valence-electron chi connectivity index (χ2n) is 4.23. The first-order valence-electron chi connectivity index (χ1n) is 5.59. The Morgan fingerprint density at radius 2 is 2.16 bits per heavy atom. The highest BCUT2D eigenvalue weighted by atomic mass is 19.1. The first kappa shape index (κ1) is 11.4. The Balaban J connectivity index is 2.29. The number of nitrogens with one attached hydrogen (secondary N) is 1. The molecular formula is C12H11FN6. The van der Waals surface area contributed by atoms with Crippen molar-refractivity contribution in [3.63, 3.8) is 0 Å². The fourth-order valence-electron chi connectivity index (χ4n) is 1.85. The monoisotopic (exact) mass is 258 g/mol. The third-order valence-electron chi connectivity index (χ3n) is 2.96. The number of hydrogen-bond acceptors (Lipinski definition) is 4. The smallest absolute Gasteiger partial charge is 0.168 e. The third-order valence-corrected chi connectivity index (χ3v) is 2.96. The summed E-state index contributed by atoms with van der Waals surface area (Å²) in [5.74, 6) is 5.24. The molecule has 0 unspecified atom stereocenters. The molecule has 2 aromatic heterocycles. The fraction of sp³-hybridized carbons (Fsp3) is 0.0833. The van der Waals surface area contributed by atoms with Gasteiger partial charge in [-0.2, -0.15) is 5.10 Å².